The van der Waals surface area contributed by atoms with Crippen molar-refractivity contribution in [1.82, 2.24) is 15.1 Å². The van der Waals surface area contributed by atoms with E-state index < -0.39 is 0 Å². The molecule has 0 aromatic carbocycles. The quantitative estimate of drug-likeness (QED) is 0.827. The molecule has 90 valence electrons. The van der Waals surface area contributed by atoms with Gasteiger partial charge in [-0.05, 0) is 38.3 Å². The van der Waals surface area contributed by atoms with Crippen molar-refractivity contribution in [2.24, 2.45) is 13.0 Å². The number of hydrogen-bond acceptors (Lipinski definition) is 3. The molecule has 1 aliphatic heterocycles. The van der Waals surface area contributed by atoms with Crippen LogP contribution in [0.15, 0.2) is 12.3 Å². The lowest BCUT2D eigenvalue weighted by Crippen LogP contribution is -2.41. The monoisotopic (exact) mass is 223 g/mol. The van der Waals surface area contributed by atoms with Gasteiger partial charge in [0.25, 0.3) is 0 Å². The molecule has 4 heteroatoms. The molecular weight excluding hydrogens is 202 g/mol. The van der Waals surface area contributed by atoms with Gasteiger partial charge in [-0.2, -0.15) is 5.10 Å². The van der Waals surface area contributed by atoms with Crippen molar-refractivity contribution in [3.05, 3.63) is 18.0 Å². The first-order valence-corrected chi connectivity index (χ1v) is 6.03. The Morgan fingerprint density at radius 1 is 1.62 bits per heavy atom. The van der Waals surface area contributed by atoms with E-state index in [4.69, 9.17) is 4.74 Å². The van der Waals surface area contributed by atoms with Crippen molar-refractivity contribution in [3.8, 4) is 0 Å². The molecule has 2 heterocycles. The molecule has 2 rings (SSSR count). The highest BCUT2D eigenvalue weighted by Gasteiger charge is 2.24. The molecule has 4 nitrogen and oxygen atoms in total. The van der Waals surface area contributed by atoms with E-state index >= 15 is 0 Å². The summed E-state index contributed by atoms with van der Waals surface area (Å²) in [7, 11) is 4.05. The molecule has 2 unspecified atom stereocenters. The first kappa shape index (κ1) is 11.6. The van der Waals surface area contributed by atoms with Gasteiger partial charge in [0.15, 0.2) is 0 Å². The molecule has 1 aromatic rings. The number of nitrogens with zero attached hydrogens (tertiary/aromatic N) is 2. The van der Waals surface area contributed by atoms with Crippen LogP contribution in [0.25, 0.3) is 0 Å². The van der Waals surface area contributed by atoms with E-state index in [1.165, 1.54) is 12.1 Å². The molecular formula is C12H21N3O. The van der Waals surface area contributed by atoms with Gasteiger partial charge in [-0.15, -0.1) is 0 Å². The van der Waals surface area contributed by atoms with Crippen molar-refractivity contribution >= 4 is 0 Å². The zero-order valence-corrected chi connectivity index (χ0v) is 10.1. The molecule has 0 amide bonds. The molecule has 0 spiro atoms. The fourth-order valence-electron chi connectivity index (χ4n) is 2.44. The van der Waals surface area contributed by atoms with Crippen LogP contribution in [0.4, 0.5) is 0 Å². The number of ether oxygens (including phenoxy) is 1. The van der Waals surface area contributed by atoms with Gasteiger partial charge < -0.3 is 10.1 Å². The molecule has 1 aromatic heterocycles. The fourth-order valence-corrected chi connectivity index (χ4v) is 2.44. The Bertz CT molecular complexity index is 324. The summed E-state index contributed by atoms with van der Waals surface area (Å²) >= 11 is 0. The van der Waals surface area contributed by atoms with Gasteiger partial charge in [0.2, 0.25) is 0 Å². The van der Waals surface area contributed by atoms with Gasteiger partial charge in [0.1, 0.15) is 0 Å². The Kier molecular flexibility index (Phi) is 3.96. The van der Waals surface area contributed by atoms with Gasteiger partial charge in [0.05, 0.1) is 6.61 Å². The summed E-state index contributed by atoms with van der Waals surface area (Å²) in [5, 5.41) is 7.59. The summed E-state index contributed by atoms with van der Waals surface area (Å²) in [5.74, 6) is 0.633. The minimum atomic E-state index is 0.613. The Morgan fingerprint density at radius 2 is 2.50 bits per heavy atom. The van der Waals surface area contributed by atoms with Crippen LogP contribution in [0.3, 0.4) is 0 Å². The third-order valence-corrected chi connectivity index (χ3v) is 3.54. The highest BCUT2D eigenvalue weighted by Crippen LogP contribution is 2.20. The predicted octanol–water partition coefficient (Wildman–Crippen LogP) is 0.977. The summed E-state index contributed by atoms with van der Waals surface area (Å²) in [5.41, 5.74) is 1.31. The molecule has 1 N–H and O–H groups in total. The van der Waals surface area contributed by atoms with Crippen molar-refractivity contribution in [3.63, 3.8) is 0 Å². The first-order valence-electron chi connectivity index (χ1n) is 6.03. The molecule has 1 aliphatic rings. The molecule has 1 fully saturated rings. The third kappa shape index (κ3) is 2.62. The number of aromatic nitrogens is 2. The number of nitrogens with one attached hydrogen (secondary N) is 1. The van der Waals surface area contributed by atoms with Crippen LogP contribution in [0.5, 0.6) is 0 Å². The van der Waals surface area contributed by atoms with Gasteiger partial charge in [-0.1, -0.05) is 0 Å². The highest BCUT2D eigenvalue weighted by molar-refractivity contribution is 5.00. The minimum absolute atomic E-state index is 0.613. The lowest BCUT2D eigenvalue weighted by Gasteiger charge is -2.31. The lowest BCUT2D eigenvalue weighted by molar-refractivity contribution is 0.0308. The highest BCUT2D eigenvalue weighted by atomic mass is 16.5. The average Bonchev–Trinajstić information content (AvgIpc) is 2.72. The maximum atomic E-state index is 5.55. The van der Waals surface area contributed by atoms with Crippen LogP contribution >= 0.6 is 0 Å². The van der Waals surface area contributed by atoms with Gasteiger partial charge in [-0.3, -0.25) is 4.68 Å². The third-order valence-electron chi connectivity index (χ3n) is 3.54. The normalized spacial score (nSPS) is 25.9. The summed E-state index contributed by atoms with van der Waals surface area (Å²) in [6, 6.07) is 2.71. The van der Waals surface area contributed by atoms with Crippen molar-refractivity contribution in [1.29, 1.82) is 0 Å². The Balaban J connectivity index is 1.86. The first-order chi connectivity index (χ1) is 7.81. The fraction of sp³-hybridized carbons (Fsp3) is 0.750. The summed E-state index contributed by atoms with van der Waals surface area (Å²) in [6.45, 7) is 1.79. The average molecular weight is 223 g/mol. The number of rotatable bonds is 4. The second-order valence-corrected chi connectivity index (χ2v) is 4.50. The van der Waals surface area contributed by atoms with Gasteiger partial charge in [0, 0.05) is 31.6 Å². The molecule has 1 saturated heterocycles. The van der Waals surface area contributed by atoms with E-state index in [2.05, 4.69) is 16.5 Å². The van der Waals surface area contributed by atoms with E-state index in [9.17, 15) is 0 Å². The SMILES string of the molecule is CNC1CCOCC1CCc1ccnn1C. The Morgan fingerprint density at radius 3 is 3.19 bits per heavy atom. The molecule has 0 bridgehead atoms. The summed E-state index contributed by atoms with van der Waals surface area (Å²) in [6.07, 6.45) is 5.25. The smallest absolute Gasteiger partial charge is 0.0509 e. The summed E-state index contributed by atoms with van der Waals surface area (Å²) < 4.78 is 7.51. The molecule has 2 atom stereocenters. The van der Waals surface area contributed by atoms with E-state index in [1.807, 2.05) is 25.0 Å². The Hall–Kier alpha value is -0.870. The van der Waals surface area contributed by atoms with Crippen LogP contribution in [-0.2, 0) is 18.2 Å². The molecule has 0 radical (unpaired) electrons. The summed E-state index contributed by atoms with van der Waals surface area (Å²) in [4.78, 5) is 0. The van der Waals surface area contributed by atoms with E-state index in [0.717, 1.165) is 26.1 Å². The predicted molar refractivity (Wildman–Crippen MR) is 63.3 cm³/mol. The minimum Gasteiger partial charge on any atom is -0.381 e. The van der Waals surface area contributed by atoms with Crippen molar-refractivity contribution in [2.45, 2.75) is 25.3 Å². The second kappa shape index (κ2) is 5.46. The van der Waals surface area contributed by atoms with Crippen LogP contribution in [0.1, 0.15) is 18.5 Å². The molecule has 0 saturated carbocycles. The van der Waals surface area contributed by atoms with Crippen LogP contribution in [-0.4, -0.2) is 36.1 Å². The Labute approximate surface area is 97.0 Å². The maximum Gasteiger partial charge on any atom is 0.0509 e. The maximum absolute atomic E-state index is 5.55. The molecule has 16 heavy (non-hydrogen) atoms. The zero-order chi connectivity index (χ0) is 11.4. The topological polar surface area (TPSA) is 39.1 Å². The second-order valence-electron chi connectivity index (χ2n) is 4.50. The van der Waals surface area contributed by atoms with Gasteiger partial charge in [-0.25, -0.2) is 0 Å². The number of aryl methyl sites for hydroxylation is 2. The van der Waals surface area contributed by atoms with E-state index in [0.29, 0.717) is 12.0 Å². The van der Waals surface area contributed by atoms with Crippen molar-refractivity contribution < 1.29 is 4.74 Å². The standard InChI is InChI=1S/C12H21N3O/c1-13-12-6-8-16-9-10(12)3-4-11-5-7-14-15(11)2/h5,7,10,12-13H,3-4,6,8-9H2,1-2H3. The van der Waals surface area contributed by atoms with Crippen LogP contribution in [0.2, 0.25) is 0 Å². The largest absolute Gasteiger partial charge is 0.381 e. The van der Waals surface area contributed by atoms with Crippen LogP contribution < -0.4 is 5.32 Å². The van der Waals surface area contributed by atoms with E-state index in [1.54, 1.807) is 0 Å². The van der Waals surface area contributed by atoms with Gasteiger partial charge >= 0.3 is 0 Å². The number of hydrogen-bond donors (Lipinski definition) is 1. The lowest BCUT2D eigenvalue weighted by atomic mass is 9.91. The van der Waals surface area contributed by atoms with Crippen LogP contribution in [0, 0.1) is 5.92 Å². The van der Waals surface area contributed by atoms with E-state index in [-0.39, 0.29) is 0 Å². The zero-order valence-electron chi connectivity index (χ0n) is 10.1. The molecule has 0 aliphatic carbocycles. The van der Waals surface area contributed by atoms with Crippen molar-refractivity contribution in [2.75, 3.05) is 20.3 Å².